The van der Waals surface area contributed by atoms with E-state index in [4.69, 9.17) is 14.5 Å². The Morgan fingerprint density at radius 1 is 1.13 bits per heavy atom. The molecule has 1 unspecified atom stereocenters. The molecule has 228 valence electrons. The molecular weight excluding hydrogens is 598 g/mol. The fraction of sp³-hybridized carbons (Fsp3) is 0.212. The summed E-state index contributed by atoms with van der Waals surface area (Å²) < 4.78 is 43.9. The zero-order chi connectivity index (χ0) is 31.7. The Labute approximate surface area is 261 Å². The summed E-state index contributed by atoms with van der Waals surface area (Å²) in [5, 5.41) is 18.3. The number of H-pyrrole nitrogens is 1. The molecule has 0 fully saturated rings. The molecular formula is C33H28F2N6O3S. The second-order valence-corrected chi connectivity index (χ2v) is 11.2. The first kappa shape index (κ1) is 29.9. The van der Waals surface area contributed by atoms with Crippen LogP contribution < -0.4 is 10.1 Å². The monoisotopic (exact) mass is 626 g/mol. The van der Waals surface area contributed by atoms with E-state index in [1.807, 2.05) is 36.7 Å². The number of hydrogen-bond donors (Lipinski definition) is 2. The molecule has 0 saturated carbocycles. The van der Waals surface area contributed by atoms with Crippen molar-refractivity contribution in [3.8, 4) is 51.4 Å². The van der Waals surface area contributed by atoms with Crippen molar-refractivity contribution >= 4 is 38.2 Å². The number of hydrogen-bond acceptors (Lipinski definition) is 7. The van der Waals surface area contributed by atoms with Crippen LogP contribution >= 0.6 is 11.3 Å². The van der Waals surface area contributed by atoms with E-state index in [2.05, 4.69) is 32.5 Å². The van der Waals surface area contributed by atoms with Crippen LogP contribution in [0.25, 0.3) is 54.8 Å². The van der Waals surface area contributed by atoms with Gasteiger partial charge in [-0.25, -0.2) is 13.8 Å². The number of rotatable bonds is 9. The van der Waals surface area contributed by atoms with Crippen molar-refractivity contribution in [1.29, 1.82) is 0 Å². The summed E-state index contributed by atoms with van der Waals surface area (Å²) in [5.41, 5.74) is 4.25. The molecule has 0 aliphatic heterocycles. The minimum Gasteiger partial charge on any atom is -0.490 e. The van der Waals surface area contributed by atoms with Gasteiger partial charge in [0.15, 0.2) is 0 Å². The maximum Gasteiger partial charge on any atom is 0.296 e. The van der Waals surface area contributed by atoms with E-state index in [9.17, 15) is 9.18 Å². The molecule has 12 heteroatoms. The van der Waals surface area contributed by atoms with E-state index in [1.54, 1.807) is 30.8 Å². The summed E-state index contributed by atoms with van der Waals surface area (Å²) in [6.45, 7) is 3.68. The van der Waals surface area contributed by atoms with Crippen LogP contribution in [0.1, 0.15) is 25.6 Å². The number of aromatic amines is 1. The minimum absolute atomic E-state index is 0.0151. The molecule has 2 N–H and O–H groups in total. The smallest absolute Gasteiger partial charge is 0.296 e. The van der Waals surface area contributed by atoms with Crippen LogP contribution in [0.15, 0.2) is 54.0 Å². The summed E-state index contributed by atoms with van der Waals surface area (Å²) in [5.74, 6) is 3.05. The lowest BCUT2D eigenvalue weighted by molar-refractivity contribution is -0.116. The molecule has 0 spiro atoms. The van der Waals surface area contributed by atoms with Crippen LogP contribution in [0.2, 0.25) is 0 Å². The van der Waals surface area contributed by atoms with E-state index >= 15 is 4.39 Å². The molecule has 4 heterocycles. The number of pyridine rings is 1. The van der Waals surface area contributed by atoms with Crippen molar-refractivity contribution in [1.82, 2.24) is 30.3 Å². The van der Waals surface area contributed by atoms with Crippen molar-refractivity contribution in [3.63, 3.8) is 0 Å². The summed E-state index contributed by atoms with van der Waals surface area (Å²) in [4.78, 5) is 17.2. The molecule has 1 atom stereocenters. The number of fused-ring (bicyclic) bond motifs is 2. The fourth-order valence-corrected chi connectivity index (χ4v) is 6.17. The maximum absolute atomic E-state index is 15.9. The minimum atomic E-state index is -0.806. The standard InChI is InChI=1S/C33H28F2N6O3S/c1-5-6-28(42)37-18(2)24-16-25(40-39-24)32-30(29-23(35)14-21(34)15-27(29)44-11-10-43-4)33-22(9-12-45-33)31(38-32)19-7-8-26-20(13-19)17-36-41(26)3/h7-9,12-18H,10-11H2,1-4H3,(H,37,42)(H,39,40). The second-order valence-electron chi connectivity index (χ2n) is 10.3. The van der Waals surface area contributed by atoms with Crippen LogP contribution in [-0.4, -0.2) is 51.2 Å². The van der Waals surface area contributed by atoms with Crippen LogP contribution in [-0.2, 0) is 16.6 Å². The number of aryl methyl sites for hydroxylation is 1. The SMILES string of the molecule is CC#CC(=O)NC(C)c1cc(-c2nc(-c3ccc4c(cnn4C)c3)c3ccsc3c2-c2c(F)cc(F)cc2OCCOC)n[nH]1. The third kappa shape index (κ3) is 5.75. The number of carbonyl (C=O) groups is 1. The van der Waals surface area contributed by atoms with Gasteiger partial charge in [0.1, 0.15) is 35.4 Å². The first-order valence-corrected chi connectivity index (χ1v) is 14.9. The zero-order valence-electron chi connectivity index (χ0n) is 24.9. The highest BCUT2D eigenvalue weighted by atomic mass is 32.1. The van der Waals surface area contributed by atoms with E-state index in [-0.39, 0.29) is 24.5 Å². The Morgan fingerprint density at radius 3 is 2.78 bits per heavy atom. The lowest BCUT2D eigenvalue weighted by Crippen LogP contribution is -2.25. The number of nitrogens with one attached hydrogen (secondary N) is 2. The number of halogens is 2. The molecule has 45 heavy (non-hydrogen) atoms. The number of carbonyl (C=O) groups excluding carboxylic acids is 1. The van der Waals surface area contributed by atoms with Gasteiger partial charge in [0.2, 0.25) is 0 Å². The number of ether oxygens (including phenoxy) is 2. The van der Waals surface area contributed by atoms with Gasteiger partial charge < -0.3 is 14.8 Å². The van der Waals surface area contributed by atoms with Crippen LogP contribution in [0.4, 0.5) is 8.78 Å². The van der Waals surface area contributed by atoms with Gasteiger partial charge in [0.25, 0.3) is 5.91 Å². The Bertz CT molecular complexity index is 2120. The molecule has 9 nitrogen and oxygen atoms in total. The second kappa shape index (κ2) is 12.5. The van der Waals surface area contributed by atoms with E-state index in [1.165, 1.54) is 18.4 Å². The van der Waals surface area contributed by atoms with Gasteiger partial charge in [-0.15, -0.1) is 11.3 Å². The predicted molar refractivity (Wildman–Crippen MR) is 170 cm³/mol. The maximum atomic E-state index is 15.9. The molecule has 0 saturated heterocycles. The van der Waals surface area contributed by atoms with Gasteiger partial charge in [-0.05, 0) is 49.4 Å². The number of thiophene rings is 1. The first-order chi connectivity index (χ1) is 21.8. The highest BCUT2D eigenvalue weighted by Crippen LogP contribution is 2.47. The highest BCUT2D eigenvalue weighted by molar-refractivity contribution is 7.18. The van der Waals surface area contributed by atoms with Crippen molar-refractivity contribution < 1.29 is 23.0 Å². The Kier molecular flexibility index (Phi) is 8.30. The summed E-state index contributed by atoms with van der Waals surface area (Å²) in [6, 6.07) is 11.1. The average Bonchev–Trinajstić information content (AvgIpc) is 3.77. The number of nitrogens with zero attached hydrogens (tertiary/aromatic N) is 4. The van der Waals surface area contributed by atoms with Gasteiger partial charge in [-0.2, -0.15) is 10.2 Å². The molecule has 6 rings (SSSR count). The van der Waals surface area contributed by atoms with E-state index in [0.29, 0.717) is 33.0 Å². The quantitative estimate of drug-likeness (QED) is 0.142. The summed E-state index contributed by atoms with van der Waals surface area (Å²) in [6.07, 6.45) is 1.79. The van der Waals surface area contributed by atoms with E-state index < -0.39 is 23.6 Å². The molecule has 0 radical (unpaired) electrons. The van der Waals surface area contributed by atoms with Crippen molar-refractivity contribution in [2.45, 2.75) is 19.9 Å². The number of amides is 1. The molecule has 0 aliphatic carbocycles. The molecule has 6 aromatic rings. The average molecular weight is 627 g/mol. The first-order valence-electron chi connectivity index (χ1n) is 14.0. The normalized spacial score (nSPS) is 11.9. The zero-order valence-corrected chi connectivity index (χ0v) is 25.7. The van der Waals surface area contributed by atoms with Gasteiger partial charge in [0.05, 0.1) is 41.3 Å². The third-order valence-electron chi connectivity index (χ3n) is 7.33. The van der Waals surface area contributed by atoms with Crippen molar-refractivity contribution in [3.05, 3.63) is 71.4 Å². The molecule has 0 bridgehead atoms. The molecule has 1 amide bonds. The van der Waals surface area contributed by atoms with Crippen LogP contribution in [0, 0.1) is 23.5 Å². The van der Waals surface area contributed by atoms with Gasteiger partial charge in [-0.3, -0.25) is 14.6 Å². The van der Waals surface area contributed by atoms with Crippen molar-refractivity contribution in [2.75, 3.05) is 20.3 Å². The summed E-state index contributed by atoms with van der Waals surface area (Å²) >= 11 is 1.40. The number of aromatic nitrogens is 5. The number of methoxy groups -OCH3 is 1. The predicted octanol–water partition coefficient (Wildman–Crippen LogP) is 6.41. The lowest BCUT2D eigenvalue weighted by atomic mass is 9.96. The fourth-order valence-electron chi connectivity index (χ4n) is 5.22. The van der Waals surface area contributed by atoms with Gasteiger partial charge in [-0.1, -0.05) is 12.0 Å². The topological polar surface area (TPSA) is 107 Å². The molecule has 2 aromatic carbocycles. The molecule has 4 aromatic heterocycles. The van der Waals surface area contributed by atoms with Crippen LogP contribution in [0.5, 0.6) is 5.75 Å². The third-order valence-corrected chi connectivity index (χ3v) is 8.27. The Balaban J connectivity index is 1.60. The largest absolute Gasteiger partial charge is 0.490 e. The Hall–Kier alpha value is -5.12. The van der Waals surface area contributed by atoms with E-state index in [0.717, 1.165) is 34.0 Å². The van der Waals surface area contributed by atoms with Crippen LogP contribution in [0.3, 0.4) is 0 Å². The highest BCUT2D eigenvalue weighted by Gasteiger charge is 2.27. The molecule has 0 aliphatic rings. The number of benzene rings is 2. The lowest BCUT2D eigenvalue weighted by Gasteiger charge is -2.17. The van der Waals surface area contributed by atoms with Gasteiger partial charge >= 0.3 is 0 Å². The summed E-state index contributed by atoms with van der Waals surface area (Å²) in [7, 11) is 3.39. The van der Waals surface area contributed by atoms with Gasteiger partial charge in [0, 0.05) is 52.9 Å². The van der Waals surface area contributed by atoms with Crippen molar-refractivity contribution in [2.24, 2.45) is 7.05 Å². The Morgan fingerprint density at radius 2 is 1.98 bits per heavy atom.